The van der Waals surface area contributed by atoms with Crippen LogP contribution in [-0.4, -0.2) is 24.4 Å². The first kappa shape index (κ1) is 18.4. The Labute approximate surface area is 143 Å². The summed E-state index contributed by atoms with van der Waals surface area (Å²) < 4.78 is 57.9. The van der Waals surface area contributed by atoms with Gasteiger partial charge in [0.2, 0.25) is 5.78 Å². The van der Waals surface area contributed by atoms with Crippen LogP contribution in [0.5, 0.6) is 0 Å². The normalized spacial score (nSPS) is 14.5. The molecule has 0 heterocycles. The van der Waals surface area contributed by atoms with E-state index in [0.29, 0.717) is 0 Å². The van der Waals surface area contributed by atoms with Crippen LogP contribution in [-0.2, 0) is 9.53 Å². The standard InChI is InChI=1S/C15H12BrF4NO3/c1-2-24-15(23)7(5-21-6-3-4-6)14(22)8-9(16)11(18)13(20)12(19)10(8)17/h5-6,21H,2-4H2,1H3/b7-5-. The Morgan fingerprint density at radius 3 is 2.29 bits per heavy atom. The van der Waals surface area contributed by atoms with E-state index in [1.807, 2.05) is 0 Å². The number of esters is 1. The predicted octanol–water partition coefficient (Wildman–Crippen LogP) is 3.39. The van der Waals surface area contributed by atoms with E-state index in [2.05, 4.69) is 21.2 Å². The fourth-order valence-corrected chi connectivity index (χ4v) is 2.34. The number of benzene rings is 1. The molecule has 0 amide bonds. The number of ketones is 1. The van der Waals surface area contributed by atoms with Crippen LogP contribution >= 0.6 is 15.9 Å². The van der Waals surface area contributed by atoms with E-state index in [0.717, 1.165) is 19.0 Å². The molecule has 0 unspecified atom stereocenters. The van der Waals surface area contributed by atoms with Crippen LogP contribution in [0.25, 0.3) is 0 Å². The molecule has 0 spiro atoms. The Hall–Kier alpha value is -1.90. The number of Topliss-reactive ketones (excluding diaryl/α,β-unsaturated/α-hetero) is 1. The Morgan fingerprint density at radius 2 is 1.75 bits per heavy atom. The number of carbonyl (C=O) groups excluding carboxylic acids is 2. The first-order chi connectivity index (χ1) is 11.3. The molecular weight excluding hydrogens is 398 g/mol. The molecule has 1 fully saturated rings. The van der Waals surface area contributed by atoms with Gasteiger partial charge in [0, 0.05) is 12.2 Å². The zero-order valence-corrected chi connectivity index (χ0v) is 14.0. The third-order valence-electron chi connectivity index (χ3n) is 3.22. The molecule has 4 nitrogen and oxygen atoms in total. The van der Waals surface area contributed by atoms with Crippen molar-refractivity contribution < 1.29 is 31.9 Å². The highest BCUT2D eigenvalue weighted by Gasteiger charge is 2.32. The Morgan fingerprint density at radius 1 is 1.17 bits per heavy atom. The molecular formula is C15H12BrF4NO3. The van der Waals surface area contributed by atoms with Crippen LogP contribution in [0.15, 0.2) is 16.2 Å². The lowest BCUT2D eigenvalue weighted by molar-refractivity contribution is -0.138. The van der Waals surface area contributed by atoms with Gasteiger partial charge in [0.05, 0.1) is 16.6 Å². The summed E-state index contributed by atoms with van der Waals surface area (Å²) >= 11 is 2.52. The molecule has 1 aromatic rings. The fourth-order valence-electron chi connectivity index (χ4n) is 1.82. The van der Waals surface area contributed by atoms with Crippen molar-refractivity contribution in [2.24, 2.45) is 0 Å². The van der Waals surface area contributed by atoms with E-state index in [4.69, 9.17) is 4.74 Å². The third-order valence-corrected chi connectivity index (χ3v) is 3.96. The first-order valence-corrected chi connectivity index (χ1v) is 7.78. The number of ether oxygens (including phenoxy) is 1. The van der Waals surface area contributed by atoms with Crippen molar-refractivity contribution in [2.45, 2.75) is 25.8 Å². The average Bonchev–Trinajstić information content (AvgIpc) is 3.36. The molecule has 1 aromatic carbocycles. The maximum Gasteiger partial charge on any atom is 0.343 e. The number of rotatable bonds is 6. The summed E-state index contributed by atoms with van der Waals surface area (Å²) in [5, 5.41) is 2.74. The van der Waals surface area contributed by atoms with E-state index in [9.17, 15) is 27.2 Å². The van der Waals surface area contributed by atoms with Gasteiger partial charge in [-0.25, -0.2) is 22.4 Å². The molecule has 0 aliphatic heterocycles. The highest BCUT2D eigenvalue weighted by atomic mass is 79.9. The van der Waals surface area contributed by atoms with Gasteiger partial charge in [-0.3, -0.25) is 4.79 Å². The molecule has 1 N–H and O–H groups in total. The second-order valence-electron chi connectivity index (χ2n) is 4.99. The topological polar surface area (TPSA) is 55.4 Å². The second kappa shape index (κ2) is 7.33. The van der Waals surface area contributed by atoms with E-state index in [1.54, 1.807) is 0 Å². The van der Waals surface area contributed by atoms with Gasteiger partial charge in [-0.05, 0) is 35.7 Å². The van der Waals surface area contributed by atoms with Crippen LogP contribution in [0.3, 0.4) is 0 Å². The van der Waals surface area contributed by atoms with Gasteiger partial charge >= 0.3 is 5.97 Å². The van der Waals surface area contributed by atoms with Gasteiger partial charge in [0.15, 0.2) is 23.3 Å². The summed E-state index contributed by atoms with van der Waals surface area (Å²) in [5.41, 5.74) is -1.77. The summed E-state index contributed by atoms with van der Waals surface area (Å²) in [4.78, 5) is 24.3. The first-order valence-electron chi connectivity index (χ1n) is 6.99. The molecule has 0 aromatic heterocycles. The molecule has 130 valence electrons. The van der Waals surface area contributed by atoms with Crippen molar-refractivity contribution in [2.75, 3.05) is 6.61 Å². The maximum absolute atomic E-state index is 13.9. The van der Waals surface area contributed by atoms with Gasteiger partial charge in [-0.2, -0.15) is 0 Å². The number of hydrogen-bond acceptors (Lipinski definition) is 4. The molecule has 24 heavy (non-hydrogen) atoms. The minimum Gasteiger partial charge on any atom is -0.462 e. The fraction of sp³-hybridized carbons (Fsp3) is 0.333. The molecule has 2 rings (SSSR count). The molecule has 1 aliphatic carbocycles. The van der Waals surface area contributed by atoms with Crippen LogP contribution in [0.1, 0.15) is 30.1 Å². The molecule has 0 atom stereocenters. The monoisotopic (exact) mass is 409 g/mol. The second-order valence-corrected chi connectivity index (χ2v) is 5.79. The minimum absolute atomic E-state index is 0.0530. The van der Waals surface area contributed by atoms with Gasteiger partial charge in [-0.15, -0.1) is 0 Å². The van der Waals surface area contributed by atoms with Crippen molar-refractivity contribution in [3.63, 3.8) is 0 Å². The van der Waals surface area contributed by atoms with Crippen LogP contribution in [0.2, 0.25) is 0 Å². The molecule has 9 heteroatoms. The van der Waals surface area contributed by atoms with Crippen LogP contribution < -0.4 is 5.32 Å². The van der Waals surface area contributed by atoms with Crippen LogP contribution in [0, 0.1) is 23.3 Å². The van der Waals surface area contributed by atoms with E-state index in [-0.39, 0.29) is 12.6 Å². The number of nitrogens with one attached hydrogen (secondary N) is 1. The lowest BCUT2D eigenvalue weighted by atomic mass is 10.0. The van der Waals surface area contributed by atoms with E-state index >= 15 is 0 Å². The number of carbonyl (C=O) groups is 2. The average molecular weight is 410 g/mol. The van der Waals surface area contributed by atoms with Crippen molar-refractivity contribution in [1.82, 2.24) is 5.32 Å². The lowest BCUT2D eigenvalue weighted by Crippen LogP contribution is -2.22. The maximum atomic E-state index is 13.9. The molecule has 0 bridgehead atoms. The van der Waals surface area contributed by atoms with Crippen molar-refractivity contribution in [3.8, 4) is 0 Å². The summed E-state index contributed by atoms with van der Waals surface area (Å²) in [6.07, 6.45) is 2.65. The van der Waals surface area contributed by atoms with E-state index < -0.39 is 50.6 Å². The SMILES string of the molecule is CCOC(=O)/C(=C\NC1CC1)C(=O)c1c(F)c(F)c(F)c(F)c1Br. The zero-order chi connectivity index (χ0) is 18.0. The third kappa shape index (κ3) is 3.61. The van der Waals surface area contributed by atoms with Gasteiger partial charge in [0.25, 0.3) is 0 Å². The highest BCUT2D eigenvalue weighted by molar-refractivity contribution is 9.10. The highest BCUT2D eigenvalue weighted by Crippen LogP contribution is 2.30. The Balaban J connectivity index is 2.50. The van der Waals surface area contributed by atoms with Gasteiger partial charge in [0.1, 0.15) is 5.57 Å². The molecule has 1 saturated carbocycles. The van der Waals surface area contributed by atoms with Crippen LogP contribution in [0.4, 0.5) is 17.6 Å². The minimum atomic E-state index is -2.14. The largest absolute Gasteiger partial charge is 0.462 e. The zero-order valence-electron chi connectivity index (χ0n) is 12.4. The number of hydrogen-bond donors (Lipinski definition) is 1. The lowest BCUT2D eigenvalue weighted by Gasteiger charge is -2.11. The summed E-state index contributed by atoms with van der Waals surface area (Å²) in [6.45, 7) is 1.42. The Bertz CT molecular complexity index is 703. The Kier molecular flexibility index (Phi) is 5.63. The van der Waals surface area contributed by atoms with Crippen molar-refractivity contribution in [3.05, 3.63) is 45.1 Å². The molecule has 0 radical (unpaired) electrons. The van der Waals surface area contributed by atoms with Gasteiger partial charge < -0.3 is 10.1 Å². The summed E-state index contributed by atoms with van der Waals surface area (Å²) in [6, 6.07) is 0.0530. The van der Waals surface area contributed by atoms with Crippen molar-refractivity contribution >= 4 is 27.7 Å². The molecule has 0 saturated heterocycles. The summed E-state index contributed by atoms with van der Waals surface area (Å²) in [7, 11) is 0. The van der Waals surface area contributed by atoms with Gasteiger partial charge in [-0.1, -0.05) is 0 Å². The van der Waals surface area contributed by atoms with Crippen molar-refractivity contribution in [1.29, 1.82) is 0 Å². The smallest absolute Gasteiger partial charge is 0.343 e. The predicted molar refractivity (Wildman–Crippen MR) is 79.2 cm³/mol. The molecule has 1 aliphatic rings. The van der Waals surface area contributed by atoms with E-state index in [1.165, 1.54) is 6.92 Å². The summed E-state index contributed by atoms with van der Waals surface area (Å²) in [5.74, 6) is -10.3. The quantitative estimate of drug-likeness (QED) is 0.114. The number of halogens is 5.